The summed E-state index contributed by atoms with van der Waals surface area (Å²) in [6, 6.07) is 17.6. The molecule has 0 aliphatic rings. The van der Waals surface area contributed by atoms with Crippen molar-refractivity contribution in [1.82, 2.24) is 0 Å². The Morgan fingerprint density at radius 2 is 0.833 bits per heavy atom. The van der Waals surface area contributed by atoms with Crippen molar-refractivity contribution in [2.45, 2.75) is 27.7 Å². The van der Waals surface area contributed by atoms with Crippen LogP contribution in [0.4, 0.5) is 11.4 Å². The summed E-state index contributed by atoms with van der Waals surface area (Å²) in [5.74, 6) is 0. The molecule has 0 N–H and O–H groups in total. The van der Waals surface area contributed by atoms with Crippen LogP contribution in [-0.2, 0) is 0 Å². The highest BCUT2D eigenvalue weighted by Gasteiger charge is 2.01. The molecule has 128 valence electrons. The second kappa shape index (κ2) is 9.17. The van der Waals surface area contributed by atoms with E-state index in [-0.39, 0.29) is 0 Å². The van der Waals surface area contributed by atoms with Crippen LogP contribution in [0.15, 0.2) is 48.5 Å². The maximum Gasteiger partial charge on any atom is 0.0366 e. The summed E-state index contributed by atoms with van der Waals surface area (Å²) in [5.41, 5.74) is 5.05. The highest BCUT2D eigenvalue weighted by atomic mass is 15.1. The van der Waals surface area contributed by atoms with Crippen molar-refractivity contribution in [2.75, 3.05) is 36.0 Å². The minimum Gasteiger partial charge on any atom is -0.372 e. The number of rotatable bonds is 8. The second-order valence-electron chi connectivity index (χ2n) is 5.86. The van der Waals surface area contributed by atoms with Crippen LogP contribution in [0.1, 0.15) is 38.8 Å². The third-order valence-corrected chi connectivity index (χ3v) is 4.51. The van der Waals surface area contributed by atoms with Crippen LogP contribution in [0.3, 0.4) is 0 Å². The summed E-state index contributed by atoms with van der Waals surface area (Å²) < 4.78 is 0. The van der Waals surface area contributed by atoms with Crippen LogP contribution in [0.2, 0.25) is 0 Å². The fourth-order valence-corrected chi connectivity index (χ4v) is 2.96. The van der Waals surface area contributed by atoms with Gasteiger partial charge in [-0.15, -0.1) is 0 Å². The van der Waals surface area contributed by atoms with Gasteiger partial charge < -0.3 is 9.80 Å². The van der Waals surface area contributed by atoms with Crippen LogP contribution in [0.25, 0.3) is 12.2 Å². The first-order valence-corrected chi connectivity index (χ1v) is 9.09. The number of hydrogen-bond acceptors (Lipinski definition) is 2. The Labute approximate surface area is 147 Å². The topological polar surface area (TPSA) is 6.48 Å². The van der Waals surface area contributed by atoms with Gasteiger partial charge in [-0.05, 0) is 63.1 Å². The van der Waals surface area contributed by atoms with E-state index < -0.39 is 0 Å². The van der Waals surface area contributed by atoms with Gasteiger partial charge >= 0.3 is 0 Å². The Morgan fingerprint density at radius 1 is 0.542 bits per heavy atom. The minimum atomic E-state index is 1.05. The van der Waals surface area contributed by atoms with E-state index in [1.807, 2.05) is 0 Å². The maximum atomic E-state index is 2.36. The lowest BCUT2D eigenvalue weighted by Crippen LogP contribution is -2.21. The predicted molar refractivity (Wildman–Crippen MR) is 109 cm³/mol. The molecule has 0 spiro atoms. The van der Waals surface area contributed by atoms with E-state index in [0.717, 1.165) is 26.2 Å². The molecular weight excluding hydrogens is 292 g/mol. The van der Waals surface area contributed by atoms with Crippen LogP contribution < -0.4 is 9.80 Å². The van der Waals surface area contributed by atoms with E-state index >= 15 is 0 Å². The standard InChI is InChI=1S/C22H30N2/c1-5-23(6-2)21-15-11-19(12-16-21)9-10-20-13-17-22(18-14-20)24(7-3)8-4/h9-18H,5-8H2,1-4H3/b10-9+. The van der Waals surface area contributed by atoms with Gasteiger partial charge in [0.15, 0.2) is 0 Å². The normalized spacial score (nSPS) is 11.0. The molecule has 0 heterocycles. The highest BCUT2D eigenvalue weighted by molar-refractivity contribution is 5.71. The maximum absolute atomic E-state index is 2.36. The van der Waals surface area contributed by atoms with E-state index in [4.69, 9.17) is 0 Å². The third-order valence-electron chi connectivity index (χ3n) is 4.51. The van der Waals surface area contributed by atoms with Gasteiger partial charge in [0.1, 0.15) is 0 Å². The van der Waals surface area contributed by atoms with Crippen molar-refractivity contribution in [3.63, 3.8) is 0 Å². The molecule has 2 aromatic carbocycles. The van der Waals surface area contributed by atoms with Crippen molar-refractivity contribution in [2.24, 2.45) is 0 Å². The fraction of sp³-hybridized carbons (Fsp3) is 0.364. The first kappa shape index (κ1) is 18.1. The lowest BCUT2D eigenvalue weighted by Gasteiger charge is -2.21. The summed E-state index contributed by atoms with van der Waals surface area (Å²) in [5, 5.41) is 0. The van der Waals surface area contributed by atoms with Crippen LogP contribution in [-0.4, -0.2) is 26.2 Å². The molecule has 0 radical (unpaired) electrons. The number of anilines is 2. The van der Waals surface area contributed by atoms with Gasteiger partial charge in [0.25, 0.3) is 0 Å². The van der Waals surface area contributed by atoms with Crippen molar-refractivity contribution < 1.29 is 0 Å². The number of benzene rings is 2. The molecule has 0 saturated carbocycles. The lowest BCUT2D eigenvalue weighted by molar-refractivity contribution is 0.866. The molecule has 0 saturated heterocycles. The molecule has 2 nitrogen and oxygen atoms in total. The molecule has 24 heavy (non-hydrogen) atoms. The van der Waals surface area contributed by atoms with Crippen molar-refractivity contribution >= 4 is 23.5 Å². The van der Waals surface area contributed by atoms with E-state index in [0.29, 0.717) is 0 Å². The second-order valence-corrected chi connectivity index (χ2v) is 5.86. The fourth-order valence-electron chi connectivity index (χ4n) is 2.96. The molecule has 0 fully saturated rings. The molecule has 0 aromatic heterocycles. The van der Waals surface area contributed by atoms with Gasteiger partial charge in [0, 0.05) is 37.6 Å². The van der Waals surface area contributed by atoms with Gasteiger partial charge in [0.05, 0.1) is 0 Å². The van der Waals surface area contributed by atoms with E-state index in [9.17, 15) is 0 Å². The van der Waals surface area contributed by atoms with Crippen molar-refractivity contribution in [1.29, 1.82) is 0 Å². The summed E-state index contributed by atoms with van der Waals surface area (Å²) in [4.78, 5) is 4.72. The Balaban J connectivity index is 2.05. The third kappa shape index (κ3) is 4.64. The average molecular weight is 322 g/mol. The average Bonchev–Trinajstić information content (AvgIpc) is 2.64. The van der Waals surface area contributed by atoms with Crippen LogP contribution in [0, 0.1) is 0 Å². The SMILES string of the molecule is CCN(CC)c1ccc(/C=C/c2ccc(N(CC)CC)cc2)cc1. The lowest BCUT2D eigenvalue weighted by atomic mass is 10.1. The summed E-state index contributed by atoms with van der Waals surface area (Å²) in [6.07, 6.45) is 4.36. The van der Waals surface area contributed by atoms with Crippen LogP contribution in [0.5, 0.6) is 0 Å². The van der Waals surface area contributed by atoms with E-state index in [1.165, 1.54) is 22.5 Å². The van der Waals surface area contributed by atoms with Gasteiger partial charge in [-0.3, -0.25) is 0 Å². The Hall–Kier alpha value is -2.22. The predicted octanol–water partition coefficient (Wildman–Crippen LogP) is 5.55. The monoisotopic (exact) mass is 322 g/mol. The molecule has 2 aromatic rings. The minimum absolute atomic E-state index is 1.05. The van der Waals surface area contributed by atoms with Crippen molar-refractivity contribution in [3.05, 3.63) is 59.7 Å². The zero-order chi connectivity index (χ0) is 17.4. The zero-order valence-corrected chi connectivity index (χ0v) is 15.5. The van der Waals surface area contributed by atoms with E-state index in [2.05, 4.69) is 98.2 Å². The molecule has 0 unspecified atom stereocenters. The molecule has 2 heteroatoms. The smallest absolute Gasteiger partial charge is 0.0366 e. The van der Waals surface area contributed by atoms with Crippen LogP contribution >= 0.6 is 0 Å². The number of hydrogen-bond donors (Lipinski definition) is 0. The van der Waals surface area contributed by atoms with Gasteiger partial charge in [-0.25, -0.2) is 0 Å². The summed E-state index contributed by atoms with van der Waals surface area (Å²) >= 11 is 0. The quantitative estimate of drug-likeness (QED) is 0.588. The van der Waals surface area contributed by atoms with Crippen molar-refractivity contribution in [3.8, 4) is 0 Å². The highest BCUT2D eigenvalue weighted by Crippen LogP contribution is 2.18. The van der Waals surface area contributed by atoms with Gasteiger partial charge in [0.2, 0.25) is 0 Å². The Kier molecular flexibility index (Phi) is 6.92. The molecule has 0 amide bonds. The Morgan fingerprint density at radius 3 is 1.08 bits per heavy atom. The molecule has 0 aliphatic carbocycles. The molecule has 0 aliphatic heterocycles. The number of nitrogens with zero attached hydrogens (tertiary/aromatic N) is 2. The van der Waals surface area contributed by atoms with E-state index in [1.54, 1.807) is 0 Å². The molecule has 0 atom stereocenters. The summed E-state index contributed by atoms with van der Waals surface area (Å²) in [6.45, 7) is 13.0. The first-order valence-electron chi connectivity index (χ1n) is 9.09. The first-order chi connectivity index (χ1) is 11.7. The molecule has 2 rings (SSSR count). The van der Waals surface area contributed by atoms with Gasteiger partial charge in [-0.2, -0.15) is 0 Å². The molecule has 0 bridgehead atoms. The summed E-state index contributed by atoms with van der Waals surface area (Å²) in [7, 11) is 0. The Bertz CT molecular complexity index is 561. The largest absolute Gasteiger partial charge is 0.372 e. The molecular formula is C22H30N2. The van der Waals surface area contributed by atoms with Gasteiger partial charge in [-0.1, -0.05) is 36.4 Å². The zero-order valence-electron chi connectivity index (χ0n) is 15.5.